The topological polar surface area (TPSA) is 43.4 Å². The first-order valence-electron chi connectivity index (χ1n) is 4.20. The van der Waals surface area contributed by atoms with E-state index in [2.05, 4.69) is 6.92 Å². The molecule has 0 saturated carbocycles. The van der Waals surface area contributed by atoms with Crippen molar-refractivity contribution in [3.63, 3.8) is 0 Å². The van der Waals surface area contributed by atoms with Crippen molar-refractivity contribution >= 4 is 9.84 Å². The SMILES string of the molecule is CCCCOC1=CS(=O)(=O)CC1. The lowest BCUT2D eigenvalue weighted by Crippen LogP contribution is -1.93. The first-order chi connectivity index (χ1) is 5.64. The van der Waals surface area contributed by atoms with Crippen molar-refractivity contribution in [3.8, 4) is 0 Å². The summed E-state index contributed by atoms with van der Waals surface area (Å²) in [6, 6.07) is 0. The number of hydrogen-bond donors (Lipinski definition) is 0. The van der Waals surface area contributed by atoms with Crippen LogP contribution in [-0.4, -0.2) is 20.8 Å². The van der Waals surface area contributed by atoms with Crippen LogP contribution in [0.2, 0.25) is 0 Å². The molecular formula is C8H14O3S. The Morgan fingerprint density at radius 3 is 2.83 bits per heavy atom. The summed E-state index contributed by atoms with van der Waals surface area (Å²) < 4.78 is 27.1. The van der Waals surface area contributed by atoms with Gasteiger partial charge in [0.15, 0.2) is 9.84 Å². The number of rotatable bonds is 4. The van der Waals surface area contributed by atoms with E-state index in [1.807, 2.05) is 0 Å². The summed E-state index contributed by atoms with van der Waals surface area (Å²) in [7, 11) is -2.92. The third kappa shape index (κ3) is 2.85. The highest BCUT2D eigenvalue weighted by atomic mass is 32.2. The van der Waals surface area contributed by atoms with E-state index in [9.17, 15) is 8.42 Å². The van der Waals surface area contributed by atoms with Gasteiger partial charge in [0.25, 0.3) is 0 Å². The Kier molecular flexibility index (Phi) is 3.14. The summed E-state index contributed by atoms with van der Waals surface area (Å²) in [6.45, 7) is 2.71. The molecule has 0 aliphatic carbocycles. The van der Waals surface area contributed by atoms with Crippen LogP contribution in [0.4, 0.5) is 0 Å². The van der Waals surface area contributed by atoms with E-state index < -0.39 is 9.84 Å². The smallest absolute Gasteiger partial charge is 0.175 e. The number of unbranched alkanes of at least 4 members (excludes halogenated alkanes) is 1. The Hall–Kier alpha value is -0.510. The van der Waals surface area contributed by atoms with Crippen molar-refractivity contribution < 1.29 is 13.2 Å². The fraction of sp³-hybridized carbons (Fsp3) is 0.750. The monoisotopic (exact) mass is 190 g/mol. The zero-order chi connectivity index (χ0) is 9.03. The van der Waals surface area contributed by atoms with Crippen LogP contribution in [0.5, 0.6) is 0 Å². The van der Waals surface area contributed by atoms with Gasteiger partial charge in [0.1, 0.15) is 5.76 Å². The molecule has 1 aliphatic heterocycles. The van der Waals surface area contributed by atoms with Crippen LogP contribution in [0.15, 0.2) is 11.2 Å². The summed E-state index contributed by atoms with van der Waals surface area (Å²) >= 11 is 0. The fourth-order valence-corrected chi connectivity index (χ4v) is 2.20. The van der Waals surface area contributed by atoms with Crippen LogP contribution in [-0.2, 0) is 14.6 Å². The van der Waals surface area contributed by atoms with E-state index in [1.54, 1.807) is 0 Å². The molecule has 1 rings (SSSR count). The molecular weight excluding hydrogens is 176 g/mol. The minimum Gasteiger partial charge on any atom is -0.497 e. The predicted octanol–water partition coefficient (Wildman–Crippen LogP) is 1.46. The summed E-state index contributed by atoms with van der Waals surface area (Å²) in [4.78, 5) is 0. The van der Waals surface area contributed by atoms with Crippen molar-refractivity contribution in [3.05, 3.63) is 11.2 Å². The standard InChI is InChI=1S/C8H14O3S/c1-2-3-5-11-8-4-6-12(9,10)7-8/h7H,2-6H2,1H3. The number of hydrogen-bond acceptors (Lipinski definition) is 3. The fourth-order valence-electron chi connectivity index (χ4n) is 1.01. The van der Waals surface area contributed by atoms with Crippen molar-refractivity contribution in [2.45, 2.75) is 26.2 Å². The second kappa shape index (κ2) is 3.94. The molecule has 0 N–H and O–H groups in total. The molecule has 0 aromatic heterocycles. The Bertz CT molecular complexity index is 264. The van der Waals surface area contributed by atoms with Gasteiger partial charge in [-0.25, -0.2) is 8.42 Å². The van der Waals surface area contributed by atoms with Gasteiger partial charge in [-0.3, -0.25) is 0 Å². The molecule has 0 atom stereocenters. The second-order valence-electron chi connectivity index (χ2n) is 2.90. The highest BCUT2D eigenvalue weighted by Crippen LogP contribution is 2.17. The second-order valence-corrected chi connectivity index (χ2v) is 4.87. The number of ether oxygens (including phenoxy) is 1. The minimum atomic E-state index is -2.92. The van der Waals surface area contributed by atoms with E-state index in [0.717, 1.165) is 12.8 Å². The van der Waals surface area contributed by atoms with Gasteiger partial charge in [0, 0.05) is 6.42 Å². The van der Waals surface area contributed by atoms with E-state index in [-0.39, 0.29) is 5.75 Å². The van der Waals surface area contributed by atoms with Gasteiger partial charge in [-0.15, -0.1) is 0 Å². The van der Waals surface area contributed by atoms with Crippen molar-refractivity contribution in [1.82, 2.24) is 0 Å². The molecule has 0 fully saturated rings. The normalized spacial score (nSPS) is 20.6. The van der Waals surface area contributed by atoms with Crippen molar-refractivity contribution in [2.75, 3.05) is 12.4 Å². The highest BCUT2D eigenvalue weighted by molar-refractivity contribution is 7.94. The van der Waals surface area contributed by atoms with Crippen LogP contribution in [0, 0.1) is 0 Å². The first kappa shape index (κ1) is 9.58. The molecule has 0 spiro atoms. The average molecular weight is 190 g/mol. The Morgan fingerprint density at radius 1 is 1.58 bits per heavy atom. The minimum absolute atomic E-state index is 0.217. The molecule has 12 heavy (non-hydrogen) atoms. The van der Waals surface area contributed by atoms with Gasteiger partial charge < -0.3 is 4.74 Å². The van der Waals surface area contributed by atoms with Crippen molar-refractivity contribution in [2.24, 2.45) is 0 Å². The average Bonchev–Trinajstić information content (AvgIpc) is 2.31. The third-order valence-electron chi connectivity index (χ3n) is 1.73. The molecule has 3 nitrogen and oxygen atoms in total. The van der Waals surface area contributed by atoms with Gasteiger partial charge in [0.05, 0.1) is 17.8 Å². The molecule has 1 heterocycles. The third-order valence-corrected chi connectivity index (χ3v) is 3.12. The van der Waals surface area contributed by atoms with Crippen molar-refractivity contribution in [1.29, 1.82) is 0 Å². The maximum Gasteiger partial charge on any atom is 0.175 e. The molecule has 4 heteroatoms. The Labute approximate surface area is 73.3 Å². The van der Waals surface area contributed by atoms with E-state index in [0.29, 0.717) is 18.8 Å². The van der Waals surface area contributed by atoms with Gasteiger partial charge in [-0.05, 0) is 6.42 Å². The van der Waals surface area contributed by atoms with Crippen LogP contribution in [0.1, 0.15) is 26.2 Å². The molecule has 0 unspecified atom stereocenters. The lowest BCUT2D eigenvalue weighted by molar-refractivity contribution is 0.203. The Morgan fingerprint density at radius 2 is 2.33 bits per heavy atom. The van der Waals surface area contributed by atoms with Crippen LogP contribution >= 0.6 is 0 Å². The lowest BCUT2D eigenvalue weighted by atomic mass is 10.3. The zero-order valence-electron chi connectivity index (χ0n) is 7.25. The molecule has 0 aromatic carbocycles. The summed E-state index contributed by atoms with van der Waals surface area (Å²) in [5, 5.41) is 1.25. The van der Waals surface area contributed by atoms with E-state index in [1.165, 1.54) is 5.41 Å². The summed E-state index contributed by atoms with van der Waals surface area (Å²) in [6.07, 6.45) is 2.60. The lowest BCUT2D eigenvalue weighted by Gasteiger charge is -2.03. The molecule has 0 radical (unpaired) electrons. The van der Waals surface area contributed by atoms with E-state index in [4.69, 9.17) is 4.74 Å². The largest absolute Gasteiger partial charge is 0.497 e. The van der Waals surface area contributed by atoms with E-state index >= 15 is 0 Å². The summed E-state index contributed by atoms with van der Waals surface area (Å²) in [5.41, 5.74) is 0. The molecule has 70 valence electrons. The molecule has 0 bridgehead atoms. The first-order valence-corrected chi connectivity index (χ1v) is 5.92. The zero-order valence-corrected chi connectivity index (χ0v) is 8.06. The molecule has 0 saturated heterocycles. The maximum atomic E-state index is 10.9. The molecule has 0 amide bonds. The Balaban J connectivity index is 2.36. The van der Waals surface area contributed by atoms with Gasteiger partial charge >= 0.3 is 0 Å². The van der Waals surface area contributed by atoms with Crippen LogP contribution in [0.3, 0.4) is 0 Å². The van der Waals surface area contributed by atoms with Gasteiger partial charge in [-0.1, -0.05) is 13.3 Å². The van der Waals surface area contributed by atoms with Gasteiger partial charge in [-0.2, -0.15) is 0 Å². The summed E-state index contributed by atoms with van der Waals surface area (Å²) in [5.74, 6) is 0.845. The predicted molar refractivity (Wildman–Crippen MR) is 47.3 cm³/mol. The van der Waals surface area contributed by atoms with Crippen LogP contribution < -0.4 is 0 Å². The number of sulfone groups is 1. The quantitative estimate of drug-likeness (QED) is 0.630. The molecule has 1 aliphatic rings. The highest BCUT2D eigenvalue weighted by Gasteiger charge is 2.18. The molecule has 0 aromatic rings. The maximum absolute atomic E-state index is 10.9. The number of allylic oxidation sites excluding steroid dienone is 1. The van der Waals surface area contributed by atoms with Crippen LogP contribution in [0.25, 0.3) is 0 Å². The van der Waals surface area contributed by atoms with Gasteiger partial charge in [0.2, 0.25) is 0 Å².